The van der Waals surface area contributed by atoms with Gasteiger partial charge in [-0.15, -0.1) is 0 Å². The van der Waals surface area contributed by atoms with Gasteiger partial charge in [0.05, 0.1) is 18.2 Å². The number of imidazole rings is 1. The first-order chi connectivity index (χ1) is 8.26. The van der Waals surface area contributed by atoms with E-state index in [1.54, 1.807) is 18.6 Å². The average molecular weight is 233 g/mol. The standard InChI is InChI=1S/C13H16FN3/c1-2-12(7-15)17-9-16-8-13(17)10-4-3-5-11(14)6-10/h3-6,8-9,12H,2,7,15H2,1H3. The normalized spacial score (nSPS) is 12.6. The van der Waals surface area contributed by atoms with Crippen molar-refractivity contribution >= 4 is 0 Å². The van der Waals surface area contributed by atoms with Gasteiger partial charge in [0, 0.05) is 18.2 Å². The predicted octanol–water partition coefficient (Wildman–Crippen LogP) is 2.60. The molecular formula is C13H16FN3. The lowest BCUT2D eigenvalue weighted by Gasteiger charge is -2.17. The zero-order chi connectivity index (χ0) is 12.3. The first kappa shape index (κ1) is 11.8. The summed E-state index contributed by atoms with van der Waals surface area (Å²) < 4.78 is 15.2. The summed E-state index contributed by atoms with van der Waals surface area (Å²) in [6.45, 7) is 2.63. The van der Waals surface area contributed by atoms with Crippen molar-refractivity contribution in [2.24, 2.45) is 5.73 Å². The monoisotopic (exact) mass is 233 g/mol. The van der Waals surface area contributed by atoms with E-state index in [1.807, 2.05) is 10.6 Å². The minimum absolute atomic E-state index is 0.204. The van der Waals surface area contributed by atoms with Gasteiger partial charge in [-0.2, -0.15) is 0 Å². The van der Waals surface area contributed by atoms with Gasteiger partial charge in [0.25, 0.3) is 0 Å². The zero-order valence-electron chi connectivity index (χ0n) is 9.81. The zero-order valence-corrected chi connectivity index (χ0v) is 9.81. The Morgan fingerprint density at radius 2 is 2.29 bits per heavy atom. The smallest absolute Gasteiger partial charge is 0.123 e. The van der Waals surface area contributed by atoms with Crippen molar-refractivity contribution in [3.8, 4) is 11.3 Å². The molecule has 0 fully saturated rings. The van der Waals surface area contributed by atoms with Crippen LogP contribution in [0.1, 0.15) is 19.4 Å². The highest BCUT2D eigenvalue weighted by molar-refractivity contribution is 5.59. The molecule has 17 heavy (non-hydrogen) atoms. The molecule has 0 aliphatic heterocycles. The molecule has 1 aromatic carbocycles. The molecule has 2 rings (SSSR count). The van der Waals surface area contributed by atoms with Crippen LogP contribution in [0.25, 0.3) is 11.3 Å². The van der Waals surface area contributed by atoms with Crippen LogP contribution in [0.5, 0.6) is 0 Å². The van der Waals surface area contributed by atoms with Gasteiger partial charge in [-0.25, -0.2) is 9.37 Å². The predicted molar refractivity (Wildman–Crippen MR) is 66.0 cm³/mol. The van der Waals surface area contributed by atoms with E-state index in [2.05, 4.69) is 11.9 Å². The van der Waals surface area contributed by atoms with E-state index in [9.17, 15) is 4.39 Å². The van der Waals surface area contributed by atoms with E-state index in [4.69, 9.17) is 5.73 Å². The molecule has 1 aromatic heterocycles. The highest BCUT2D eigenvalue weighted by Crippen LogP contribution is 2.23. The molecule has 3 nitrogen and oxygen atoms in total. The maximum Gasteiger partial charge on any atom is 0.123 e. The Bertz CT molecular complexity index is 489. The minimum Gasteiger partial charge on any atom is -0.328 e. The van der Waals surface area contributed by atoms with E-state index in [0.29, 0.717) is 6.54 Å². The molecule has 0 spiro atoms. The molecule has 0 aliphatic carbocycles. The molecule has 0 aliphatic rings. The van der Waals surface area contributed by atoms with Gasteiger partial charge in [0.1, 0.15) is 5.82 Å². The van der Waals surface area contributed by atoms with E-state index in [-0.39, 0.29) is 11.9 Å². The summed E-state index contributed by atoms with van der Waals surface area (Å²) >= 11 is 0. The van der Waals surface area contributed by atoms with Crippen LogP contribution in [0.15, 0.2) is 36.8 Å². The molecule has 2 N–H and O–H groups in total. The lowest BCUT2D eigenvalue weighted by molar-refractivity contribution is 0.500. The van der Waals surface area contributed by atoms with Crippen molar-refractivity contribution in [2.75, 3.05) is 6.54 Å². The van der Waals surface area contributed by atoms with E-state index in [0.717, 1.165) is 17.7 Å². The number of hydrogen-bond acceptors (Lipinski definition) is 2. The first-order valence-corrected chi connectivity index (χ1v) is 5.74. The molecule has 1 heterocycles. The molecule has 90 valence electrons. The molecule has 2 aromatic rings. The number of nitrogens with two attached hydrogens (primary N) is 1. The number of benzene rings is 1. The number of aromatic nitrogens is 2. The first-order valence-electron chi connectivity index (χ1n) is 5.74. The van der Waals surface area contributed by atoms with Crippen molar-refractivity contribution in [2.45, 2.75) is 19.4 Å². The lowest BCUT2D eigenvalue weighted by Crippen LogP contribution is -2.18. The van der Waals surface area contributed by atoms with E-state index < -0.39 is 0 Å². The van der Waals surface area contributed by atoms with Crippen molar-refractivity contribution in [1.29, 1.82) is 0 Å². The average Bonchev–Trinajstić information content (AvgIpc) is 2.80. The third-order valence-corrected chi connectivity index (χ3v) is 2.92. The van der Waals surface area contributed by atoms with Gasteiger partial charge in [0.2, 0.25) is 0 Å². The second-order valence-electron chi connectivity index (χ2n) is 3.99. The van der Waals surface area contributed by atoms with Gasteiger partial charge >= 0.3 is 0 Å². The lowest BCUT2D eigenvalue weighted by atomic mass is 10.1. The summed E-state index contributed by atoms with van der Waals surface area (Å²) in [5.41, 5.74) is 7.46. The minimum atomic E-state index is -0.240. The summed E-state index contributed by atoms with van der Waals surface area (Å²) in [7, 11) is 0. The van der Waals surface area contributed by atoms with Crippen LogP contribution in [0.2, 0.25) is 0 Å². The number of hydrogen-bond donors (Lipinski definition) is 1. The number of halogens is 1. The summed E-state index contributed by atoms with van der Waals surface area (Å²) in [6.07, 6.45) is 4.42. The second kappa shape index (κ2) is 5.10. The largest absolute Gasteiger partial charge is 0.328 e. The Balaban J connectivity index is 2.43. The van der Waals surface area contributed by atoms with Crippen molar-refractivity contribution in [1.82, 2.24) is 9.55 Å². The van der Waals surface area contributed by atoms with Crippen LogP contribution in [0, 0.1) is 5.82 Å². The summed E-state index contributed by atoms with van der Waals surface area (Å²) in [4.78, 5) is 4.13. The maximum absolute atomic E-state index is 13.2. The fourth-order valence-electron chi connectivity index (χ4n) is 1.94. The van der Waals surface area contributed by atoms with E-state index in [1.165, 1.54) is 12.1 Å². The van der Waals surface area contributed by atoms with Gasteiger partial charge in [-0.3, -0.25) is 0 Å². The molecule has 1 unspecified atom stereocenters. The highest BCUT2D eigenvalue weighted by atomic mass is 19.1. The quantitative estimate of drug-likeness (QED) is 0.882. The van der Waals surface area contributed by atoms with Crippen molar-refractivity contribution in [3.05, 3.63) is 42.6 Å². The Hall–Kier alpha value is -1.68. The second-order valence-corrected chi connectivity index (χ2v) is 3.99. The Morgan fingerprint density at radius 1 is 1.47 bits per heavy atom. The molecule has 0 saturated carbocycles. The highest BCUT2D eigenvalue weighted by Gasteiger charge is 2.12. The van der Waals surface area contributed by atoms with Crippen LogP contribution in [0.4, 0.5) is 4.39 Å². The Morgan fingerprint density at radius 3 is 2.94 bits per heavy atom. The number of nitrogens with zero attached hydrogens (tertiary/aromatic N) is 2. The van der Waals surface area contributed by atoms with E-state index >= 15 is 0 Å². The third kappa shape index (κ3) is 2.36. The molecule has 0 saturated heterocycles. The Labute approximate surface area is 100 Å². The molecule has 0 radical (unpaired) electrons. The summed E-state index contributed by atoms with van der Waals surface area (Å²) in [5, 5.41) is 0. The molecule has 1 atom stereocenters. The Kier molecular flexibility index (Phi) is 3.54. The molecule has 0 amide bonds. The topological polar surface area (TPSA) is 43.8 Å². The van der Waals surface area contributed by atoms with Gasteiger partial charge in [-0.05, 0) is 18.6 Å². The van der Waals surface area contributed by atoms with Gasteiger partial charge in [-0.1, -0.05) is 19.1 Å². The molecular weight excluding hydrogens is 217 g/mol. The van der Waals surface area contributed by atoms with Gasteiger partial charge < -0.3 is 10.3 Å². The fourth-order valence-corrected chi connectivity index (χ4v) is 1.94. The summed E-state index contributed by atoms with van der Waals surface area (Å²) in [6, 6.07) is 6.72. The van der Waals surface area contributed by atoms with Crippen LogP contribution in [-0.2, 0) is 0 Å². The molecule has 0 bridgehead atoms. The molecule has 4 heteroatoms. The fraction of sp³-hybridized carbons (Fsp3) is 0.308. The third-order valence-electron chi connectivity index (χ3n) is 2.92. The van der Waals surface area contributed by atoms with Crippen LogP contribution < -0.4 is 5.73 Å². The van der Waals surface area contributed by atoms with Crippen LogP contribution >= 0.6 is 0 Å². The van der Waals surface area contributed by atoms with Crippen molar-refractivity contribution in [3.63, 3.8) is 0 Å². The van der Waals surface area contributed by atoms with Gasteiger partial charge in [0.15, 0.2) is 0 Å². The van der Waals surface area contributed by atoms with Crippen molar-refractivity contribution < 1.29 is 4.39 Å². The number of rotatable bonds is 4. The maximum atomic E-state index is 13.2. The van der Waals surface area contributed by atoms with Crippen LogP contribution in [-0.4, -0.2) is 16.1 Å². The SMILES string of the molecule is CCC(CN)n1cncc1-c1cccc(F)c1. The summed E-state index contributed by atoms with van der Waals surface area (Å²) in [5.74, 6) is -0.240. The van der Waals surface area contributed by atoms with Crippen LogP contribution in [0.3, 0.4) is 0 Å².